The van der Waals surface area contributed by atoms with Crippen LogP contribution in [0.4, 0.5) is 4.79 Å². The van der Waals surface area contributed by atoms with E-state index >= 15 is 0 Å². The van der Waals surface area contributed by atoms with Gasteiger partial charge in [-0.25, -0.2) is 4.79 Å². The van der Waals surface area contributed by atoms with Crippen molar-refractivity contribution in [3.8, 4) is 0 Å². The molecule has 1 atom stereocenters. The molecule has 1 fully saturated rings. The molecular formula is C13H13Cl2N3O. The number of amides is 2. The Morgan fingerprint density at radius 1 is 1.37 bits per heavy atom. The zero-order valence-electron chi connectivity index (χ0n) is 10.1. The number of benzene rings is 1. The molecule has 1 unspecified atom stereocenters. The van der Waals surface area contributed by atoms with Crippen molar-refractivity contribution in [2.75, 3.05) is 6.54 Å². The molecule has 1 saturated carbocycles. The molecule has 0 saturated heterocycles. The number of hydrogen-bond donors (Lipinski definition) is 1. The van der Waals surface area contributed by atoms with E-state index in [4.69, 9.17) is 28.9 Å². The fourth-order valence-electron chi connectivity index (χ4n) is 2.32. The van der Waals surface area contributed by atoms with Gasteiger partial charge in [0.15, 0.2) is 0 Å². The molecule has 0 radical (unpaired) electrons. The fraction of sp³-hybridized carbons (Fsp3) is 0.385. The van der Waals surface area contributed by atoms with Gasteiger partial charge in [-0.05, 0) is 30.9 Å². The molecule has 0 bridgehead atoms. The zero-order chi connectivity index (χ0) is 13.6. The molecule has 1 aromatic rings. The number of carbonyl (C=O) groups is 1. The Morgan fingerprint density at radius 2 is 2.11 bits per heavy atom. The molecular weight excluding hydrogens is 285 g/mol. The lowest BCUT2D eigenvalue weighted by Crippen LogP contribution is -2.35. The highest BCUT2D eigenvalue weighted by Crippen LogP contribution is 2.37. The topological polar surface area (TPSA) is 58.7 Å². The molecule has 100 valence electrons. The summed E-state index contributed by atoms with van der Waals surface area (Å²) in [7, 11) is 0. The van der Waals surface area contributed by atoms with Gasteiger partial charge in [0.2, 0.25) is 0 Å². The van der Waals surface area contributed by atoms with Crippen molar-refractivity contribution in [1.82, 2.24) is 4.90 Å². The van der Waals surface area contributed by atoms with Crippen LogP contribution in [-0.4, -0.2) is 23.3 Å². The van der Waals surface area contributed by atoms with Crippen LogP contribution in [0.5, 0.6) is 0 Å². The number of urea groups is 1. The molecule has 0 aromatic heterocycles. The molecule has 4 nitrogen and oxygen atoms in total. The summed E-state index contributed by atoms with van der Waals surface area (Å²) < 4.78 is 0. The lowest BCUT2D eigenvalue weighted by Gasteiger charge is -2.25. The summed E-state index contributed by atoms with van der Waals surface area (Å²) in [6.45, 7) is 0.687. The molecule has 3 rings (SSSR count). The van der Waals surface area contributed by atoms with Crippen LogP contribution in [-0.2, 0) is 0 Å². The number of halogens is 2. The zero-order valence-corrected chi connectivity index (χ0v) is 11.7. The van der Waals surface area contributed by atoms with Crippen molar-refractivity contribution in [2.45, 2.75) is 18.9 Å². The molecule has 2 aliphatic rings. The molecule has 2 amide bonds. The number of nitrogens with zero attached hydrogens (tertiary/aromatic N) is 2. The van der Waals surface area contributed by atoms with Gasteiger partial charge >= 0.3 is 6.03 Å². The summed E-state index contributed by atoms with van der Waals surface area (Å²) in [4.78, 5) is 17.5. The van der Waals surface area contributed by atoms with E-state index in [0.29, 0.717) is 28.3 Å². The summed E-state index contributed by atoms with van der Waals surface area (Å²) in [6, 6.07) is 4.56. The first-order valence-corrected chi connectivity index (χ1v) is 6.91. The van der Waals surface area contributed by atoms with Crippen LogP contribution in [0.2, 0.25) is 10.0 Å². The Kier molecular flexibility index (Phi) is 3.15. The van der Waals surface area contributed by atoms with E-state index in [2.05, 4.69) is 4.99 Å². The van der Waals surface area contributed by atoms with Gasteiger partial charge in [0.25, 0.3) is 0 Å². The maximum absolute atomic E-state index is 11.9. The van der Waals surface area contributed by atoms with Gasteiger partial charge in [0, 0.05) is 22.2 Å². The smallest absolute Gasteiger partial charge is 0.346 e. The predicted octanol–water partition coefficient (Wildman–Crippen LogP) is 3.24. The van der Waals surface area contributed by atoms with Crippen molar-refractivity contribution >= 4 is 35.1 Å². The Labute approximate surface area is 121 Å². The van der Waals surface area contributed by atoms with E-state index in [1.807, 2.05) is 0 Å². The molecule has 1 heterocycles. The first kappa shape index (κ1) is 12.8. The summed E-state index contributed by atoms with van der Waals surface area (Å²) in [5.74, 6) is 0.869. The molecule has 19 heavy (non-hydrogen) atoms. The SMILES string of the molecule is NC1=NC(=O)N(CC2CC2)C1c1ccc(Cl)cc1Cl. The summed E-state index contributed by atoms with van der Waals surface area (Å²) in [6.07, 6.45) is 2.31. The Morgan fingerprint density at radius 3 is 2.74 bits per heavy atom. The second kappa shape index (κ2) is 4.69. The second-order valence-corrected chi connectivity index (χ2v) is 5.83. The van der Waals surface area contributed by atoms with Gasteiger partial charge in [0.05, 0.1) is 0 Å². The minimum atomic E-state index is -0.363. The van der Waals surface area contributed by atoms with Crippen LogP contribution in [0.3, 0.4) is 0 Å². The van der Waals surface area contributed by atoms with Gasteiger partial charge in [-0.1, -0.05) is 29.3 Å². The van der Waals surface area contributed by atoms with Gasteiger partial charge in [-0.2, -0.15) is 4.99 Å². The number of hydrogen-bond acceptors (Lipinski definition) is 2. The maximum Gasteiger partial charge on any atom is 0.346 e. The van der Waals surface area contributed by atoms with Crippen molar-refractivity contribution < 1.29 is 4.79 Å². The lowest BCUT2D eigenvalue weighted by atomic mass is 10.0. The Bertz CT molecular complexity index is 569. The summed E-state index contributed by atoms with van der Waals surface area (Å²) >= 11 is 12.1. The third kappa shape index (κ3) is 2.42. The van der Waals surface area contributed by atoms with Crippen LogP contribution < -0.4 is 5.73 Å². The molecule has 2 N–H and O–H groups in total. The van der Waals surface area contributed by atoms with Crippen molar-refractivity contribution in [3.05, 3.63) is 33.8 Å². The molecule has 1 aliphatic carbocycles. The fourth-order valence-corrected chi connectivity index (χ4v) is 2.83. The minimum absolute atomic E-state index is 0.277. The average Bonchev–Trinajstić information content (AvgIpc) is 3.09. The normalized spacial score (nSPS) is 22.8. The summed E-state index contributed by atoms with van der Waals surface area (Å²) in [5, 5.41) is 1.06. The van der Waals surface area contributed by atoms with Crippen LogP contribution >= 0.6 is 23.2 Å². The van der Waals surface area contributed by atoms with E-state index < -0.39 is 0 Å². The van der Waals surface area contributed by atoms with E-state index in [1.165, 1.54) is 0 Å². The third-order valence-corrected chi connectivity index (χ3v) is 4.03. The highest BCUT2D eigenvalue weighted by atomic mass is 35.5. The first-order valence-electron chi connectivity index (χ1n) is 6.16. The number of rotatable bonds is 3. The van der Waals surface area contributed by atoms with Gasteiger partial charge in [-0.3, -0.25) is 0 Å². The molecule has 1 aromatic carbocycles. The maximum atomic E-state index is 11.9. The second-order valence-electron chi connectivity index (χ2n) is 4.98. The van der Waals surface area contributed by atoms with E-state index in [9.17, 15) is 4.79 Å². The summed E-state index contributed by atoms with van der Waals surface area (Å²) in [5.41, 5.74) is 6.67. The van der Waals surface area contributed by atoms with Gasteiger partial charge < -0.3 is 10.6 Å². The number of amidine groups is 1. The van der Waals surface area contributed by atoms with Gasteiger partial charge in [0.1, 0.15) is 11.9 Å². The van der Waals surface area contributed by atoms with Crippen molar-refractivity contribution in [1.29, 1.82) is 0 Å². The minimum Gasteiger partial charge on any atom is -0.385 e. The van der Waals surface area contributed by atoms with Crippen molar-refractivity contribution in [2.24, 2.45) is 16.6 Å². The van der Waals surface area contributed by atoms with Crippen LogP contribution in [0, 0.1) is 5.92 Å². The number of nitrogens with two attached hydrogens (primary N) is 1. The third-order valence-electron chi connectivity index (χ3n) is 3.47. The molecule has 0 spiro atoms. The average molecular weight is 298 g/mol. The number of carbonyl (C=O) groups excluding carboxylic acids is 1. The van der Waals surface area contributed by atoms with Gasteiger partial charge in [-0.15, -0.1) is 0 Å². The standard InChI is InChI=1S/C13H13Cl2N3O/c14-8-3-4-9(10(15)5-8)11-12(16)17-13(19)18(11)6-7-1-2-7/h3-5,7,11H,1-2,6H2,(H2,16,17,19). The molecule has 1 aliphatic heterocycles. The highest BCUT2D eigenvalue weighted by Gasteiger charge is 2.38. The Balaban J connectivity index is 1.95. The van der Waals surface area contributed by atoms with E-state index in [-0.39, 0.29) is 12.1 Å². The largest absolute Gasteiger partial charge is 0.385 e. The van der Waals surface area contributed by atoms with Crippen molar-refractivity contribution in [3.63, 3.8) is 0 Å². The first-order chi connectivity index (χ1) is 9.06. The van der Waals surface area contributed by atoms with Crippen LogP contribution in [0.1, 0.15) is 24.4 Å². The monoisotopic (exact) mass is 297 g/mol. The lowest BCUT2D eigenvalue weighted by molar-refractivity contribution is 0.204. The highest BCUT2D eigenvalue weighted by molar-refractivity contribution is 6.35. The van der Waals surface area contributed by atoms with E-state index in [0.717, 1.165) is 18.4 Å². The van der Waals surface area contributed by atoms with Crippen LogP contribution in [0.15, 0.2) is 23.2 Å². The quantitative estimate of drug-likeness (QED) is 0.931. The predicted molar refractivity (Wildman–Crippen MR) is 75.7 cm³/mol. The molecule has 6 heteroatoms. The number of aliphatic imine (C=N–C) groups is 1. The Hall–Kier alpha value is -1.26. The van der Waals surface area contributed by atoms with Crippen LogP contribution in [0.25, 0.3) is 0 Å². The van der Waals surface area contributed by atoms with E-state index in [1.54, 1.807) is 23.1 Å².